The molecule has 0 aromatic carbocycles. The molecule has 2 nitrogen and oxygen atoms in total. The molecule has 0 aromatic heterocycles. The van der Waals surface area contributed by atoms with E-state index >= 15 is 0 Å². The van der Waals surface area contributed by atoms with E-state index in [0.29, 0.717) is 5.75 Å². The molecule has 0 saturated heterocycles. The van der Waals surface area contributed by atoms with Crippen LogP contribution in [0.4, 0.5) is 0 Å². The molecule has 0 spiro atoms. The second-order valence-electron chi connectivity index (χ2n) is 4.21. The zero-order valence-electron chi connectivity index (χ0n) is 12.0. The fraction of sp³-hybridized carbons (Fsp3) is 1.00. The summed E-state index contributed by atoms with van der Waals surface area (Å²) in [7, 11) is 0. The van der Waals surface area contributed by atoms with E-state index in [1.54, 1.807) is 0 Å². The maximum absolute atomic E-state index is 10.3. The molecule has 0 aliphatic rings. The van der Waals surface area contributed by atoms with Gasteiger partial charge in [-0.2, -0.15) is 0 Å². The quantitative estimate of drug-likeness (QED) is 0.344. The summed E-state index contributed by atoms with van der Waals surface area (Å²) >= 11 is -1.58. The monoisotopic (exact) mass is 258 g/mol. The van der Waals surface area contributed by atoms with Gasteiger partial charge in [0.15, 0.2) is 11.1 Å². The maximum Gasteiger partial charge on any atom is 1.00 e. The number of hydrogen-bond acceptors (Lipinski definition) is 1. The Morgan fingerprint density at radius 2 is 1.25 bits per heavy atom. The molecule has 0 aliphatic carbocycles. The molecule has 1 N–H and O–H groups in total. The van der Waals surface area contributed by atoms with Gasteiger partial charge in [-0.1, -0.05) is 64.7 Å². The Labute approximate surface area is 127 Å². The molecule has 4 heteroatoms. The first kappa shape index (κ1) is 19.4. The molecule has 1 unspecified atom stereocenters. The fourth-order valence-electron chi connectivity index (χ4n) is 1.71. The minimum absolute atomic E-state index is 0. The van der Waals surface area contributed by atoms with Gasteiger partial charge in [-0.3, -0.25) is 0 Å². The SMILES string of the molecule is CCCCCCCCCCCCS(=O)O.[H-].[Na+]. The van der Waals surface area contributed by atoms with Gasteiger partial charge in [-0.15, -0.1) is 0 Å². The van der Waals surface area contributed by atoms with Gasteiger partial charge in [0.2, 0.25) is 0 Å². The van der Waals surface area contributed by atoms with Crippen LogP contribution in [0.1, 0.15) is 72.6 Å². The molecule has 0 amide bonds. The molecule has 0 rings (SSSR count). The number of rotatable bonds is 11. The zero-order chi connectivity index (χ0) is 11.4. The minimum Gasteiger partial charge on any atom is -1.00 e. The van der Waals surface area contributed by atoms with Crippen LogP contribution in [0.5, 0.6) is 0 Å². The number of hydrogen-bond donors (Lipinski definition) is 1. The van der Waals surface area contributed by atoms with E-state index in [1.165, 1.54) is 51.4 Å². The van der Waals surface area contributed by atoms with Crippen molar-refractivity contribution in [2.24, 2.45) is 0 Å². The Morgan fingerprint density at radius 3 is 1.62 bits per heavy atom. The summed E-state index contributed by atoms with van der Waals surface area (Å²) in [5.41, 5.74) is 0. The van der Waals surface area contributed by atoms with E-state index < -0.39 is 11.1 Å². The van der Waals surface area contributed by atoms with E-state index in [4.69, 9.17) is 4.55 Å². The Kier molecular flexibility index (Phi) is 19.6. The van der Waals surface area contributed by atoms with Crippen LogP contribution in [-0.4, -0.2) is 14.5 Å². The molecular formula is C12H27NaO2S. The molecule has 1 atom stereocenters. The molecule has 0 aromatic rings. The second kappa shape index (κ2) is 16.1. The second-order valence-corrected chi connectivity index (χ2v) is 5.26. The van der Waals surface area contributed by atoms with Crippen LogP contribution in [0, 0.1) is 0 Å². The van der Waals surface area contributed by atoms with Crippen LogP contribution >= 0.6 is 0 Å². The van der Waals surface area contributed by atoms with Crippen LogP contribution in [0.25, 0.3) is 0 Å². The third-order valence-electron chi connectivity index (χ3n) is 2.67. The van der Waals surface area contributed by atoms with Gasteiger partial charge in [0.25, 0.3) is 0 Å². The third-order valence-corrected chi connectivity index (χ3v) is 3.31. The summed E-state index contributed by atoms with van der Waals surface area (Å²) in [6.45, 7) is 2.24. The van der Waals surface area contributed by atoms with Crippen LogP contribution in [0.15, 0.2) is 0 Å². The van der Waals surface area contributed by atoms with Gasteiger partial charge < -0.3 is 5.98 Å². The zero-order valence-corrected chi connectivity index (χ0v) is 13.9. The molecule has 0 aliphatic heterocycles. The van der Waals surface area contributed by atoms with Crippen molar-refractivity contribution in [1.29, 1.82) is 0 Å². The van der Waals surface area contributed by atoms with Crippen molar-refractivity contribution >= 4 is 11.1 Å². The molecule has 0 fully saturated rings. The van der Waals surface area contributed by atoms with Crippen molar-refractivity contribution in [3.8, 4) is 0 Å². The summed E-state index contributed by atoms with van der Waals surface area (Å²) in [5, 5.41) is 0. The van der Waals surface area contributed by atoms with Gasteiger partial charge in [-0.25, -0.2) is 4.21 Å². The van der Waals surface area contributed by atoms with Crippen molar-refractivity contribution in [2.45, 2.75) is 71.1 Å². The van der Waals surface area contributed by atoms with E-state index in [1.807, 2.05) is 0 Å². The average molecular weight is 258 g/mol. The first-order valence-corrected chi connectivity index (χ1v) is 7.62. The molecule has 94 valence electrons. The van der Waals surface area contributed by atoms with Gasteiger partial charge >= 0.3 is 29.6 Å². The van der Waals surface area contributed by atoms with Crippen LogP contribution in [0.3, 0.4) is 0 Å². The van der Waals surface area contributed by atoms with Gasteiger partial charge in [0.05, 0.1) is 0 Å². The predicted molar refractivity (Wildman–Crippen MR) is 68.6 cm³/mol. The molecule has 0 saturated carbocycles. The van der Waals surface area contributed by atoms with Crippen molar-refractivity contribution in [3.05, 3.63) is 0 Å². The summed E-state index contributed by atoms with van der Waals surface area (Å²) in [4.78, 5) is 0. The minimum atomic E-state index is -1.58. The van der Waals surface area contributed by atoms with Gasteiger partial charge in [0.1, 0.15) is 0 Å². The van der Waals surface area contributed by atoms with Crippen LogP contribution in [0.2, 0.25) is 0 Å². The summed E-state index contributed by atoms with van der Waals surface area (Å²) in [6, 6.07) is 0. The van der Waals surface area contributed by atoms with Gasteiger partial charge in [0, 0.05) is 5.75 Å². The summed E-state index contributed by atoms with van der Waals surface area (Å²) in [5.74, 6) is 0.455. The van der Waals surface area contributed by atoms with Crippen molar-refractivity contribution in [2.75, 3.05) is 5.75 Å². The van der Waals surface area contributed by atoms with E-state index in [-0.39, 0.29) is 31.0 Å². The summed E-state index contributed by atoms with van der Waals surface area (Å²) < 4.78 is 18.9. The topological polar surface area (TPSA) is 37.3 Å². The maximum atomic E-state index is 10.3. The average Bonchev–Trinajstić information content (AvgIpc) is 2.20. The first-order valence-electron chi connectivity index (χ1n) is 6.35. The molecule has 0 radical (unpaired) electrons. The van der Waals surface area contributed by atoms with Crippen molar-refractivity contribution < 1.29 is 39.7 Å². The largest absolute Gasteiger partial charge is 1.00 e. The van der Waals surface area contributed by atoms with Crippen LogP contribution in [-0.2, 0) is 11.1 Å². The normalized spacial score (nSPS) is 12.1. The Balaban J connectivity index is -0.000000980. The van der Waals surface area contributed by atoms with E-state index in [0.717, 1.165) is 12.8 Å². The van der Waals surface area contributed by atoms with Crippen molar-refractivity contribution in [3.63, 3.8) is 0 Å². The smallest absolute Gasteiger partial charge is 1.00 e. The molecule has 16 heavy (non-hydrogen) atoms. The molecule has 0 heterocycles. The van der Waals surface area contributed by atoms with Crippen molar-refractivity contribution in [1.82, 2.24) is 0 Å². The first-order chi connectivity index (χ1) is 7.27. The summed E-state index contributed by atoms with van der Waals surface area (Å²) in [6.07, 6.45) is 12.7. The Bertz CT molecular complexity index is 159. The molecule has 0 bridgehead atoms. The fourth-order valence-corrected chi connectivity index (χ4v) is 2.16. The molecular weight excluding hydrogens is 231 g/mol. The standard InChI is InChI=1S/C12H26O2S.Na.H/c1-2-3-4-5-6-7-8-9-10-11-12-15(13)14;;/h2-12H2,1H3,(H,13,14);;/q;+1;-1. The predicted octanol–water partition coefficient (Wildman–Crippen LogP) is 1.25. The Morgan fingerprint density at radius 1 is 0.875 bits per heavy atom. The Hall–Kier alpha value is 1.11. The third kappa shape index (κ3) is 17.5. The van der Waals surface area contributed by atoms with Crippen LogP contribution < -0.4 is 29.6 Å². The van der Waals surface area contributed by atoms with E-state index in [9.17, 15) is 4.21 Å². The number of unbranched alkanes of at least 4 members (excludes halogenated alkanes) is 9. The van der Waals surface area contributed by atoms with Gasteiger partial charge in [-0.05, 0) is 6.42 Å². The van der Waals surface area contributed by atoms with E-state index in [2.05, 4.69) is 6.92 Å².